The fraction of sp³-hybridized carbons (Fsp3) is 0.273. The van der Waals surface area contributed by atoms with E-state index in [9.17, 15) is 5.11 Å². The molecule has 0 heterocycles. The van der Waals surface area contributed by atoms with Crippen molar-refractivity contribution in [2.75, 3.05) is 0 Å². The van der Waals surface area contributed by atoms with E-state index in [-0.39, 0.29) is 11.5 Å². The Morgan fingerprint density at radius 3 is 1.74 bits per heavy atom. The zero-order valence-electron chi connectivity index (χ0n) is 21.5. The van der Waals surface area contributed by atoms with Crippen LogP contribution in [-0.4, -0.2) is 11.2 Å². The van der Waals surface area contributed by atoms with Crippen molar-refractivity contribution in [2.45, 2.75) is 53.1 Å². The first-order valence-corrected chi connectivity index (χ1v) is 14.5. The summed E-state index contributed by atoms with van der Waals surface area (Å²) in [5.41, 5.74) is 4.14. The van der Waals surface area contributed by atoms with Crippen molar-refractivity contribution in [2.24, 2.45) is 5.41 Å². The highest BCUT2D eigenvalue weighted by Crippen LogP contribution is 2.57. The molecule has 0 amide bonds. The second-order valence-corrected chi connectivity index (χ2v) is 13.7. The van der Waals surface area contributed by atoms with E-state index in [1.54, 1.807) is 0 Å². The van der Waals surface area contributed by atoms with Gasteiger partial charge >= 0.3 is 0 Å². The quantitative estimate of drug-likeness (QED) is 0.213. The normalized spacial score (nSPS) is 18.8. The predicted molar refractivity (Wildman–Crippen MR) is 154 cm³/mol. The SMILES string of the molecule is CC(C=C[P+](c1ccccc1)(c1ccccc1)c1ccccc1)=CCC1=C(C)C[C@@H](O)CC1(C)C. The van der Waals surface area contributed by atoms with Crippen LogP contribution < -0.4 is 15.9 Å². The van der Waals surface area contributed by atoms with E-state index < -0.39 is 7.26 Å². The molecule has 0 aliphatic heterocycles. The summed E-state index contributed by atoms with van der Waals surface area (Å²) in [6.45, 7) is 8.94. The first-order chi connectivity index (χ1) is 16.8. The standard InChI is InChI=1S/C33H38OP/c1-26(20-21-32-27(2)24-28(34)25-33(32,3)4)22-23-35(29-14-8-5-9-15-29,30-16-10-6-11-17-30)31-18-12-7-13-19-31/h5-20,22-23,28,34H,21,24-25H2,1-4H3/q+1/t28-/m1/s1. The van der Waals surface area contributed by atoms with E-state index in [2.05, 4.69) is 137 Å². The van der Waals surface area contributed by atoms with E-state index >= 15 is 0 Å². The van der Waals surface area contributed by atoms with Crippen molar-refractivity contribution >= 4 is 23.2 Å². The molecule has 1 nitrogen and oxygen atoms in total. The summed E-state index contributed by atoms with van der Waals surface area (Å²) in [5, 5.41) is 14.3. The van der Waals surface area contributed by atoms with E-state index in [1.165, 1.54) is 32.6 Å². The van der Waals surface area contributed by atoms with Crippen LogP contribution in [0, 0.1) is 5.41 Å². The molecular formula is C33H38OP+. The molecule has 0 radical (unpaired) electrons. The van der Waals surface area contributed by atoms with Crippen LogP contribution in [0.2, 0.25) is 0 Å². The van der Waals surface area contributed by atoms with Crippen molar-refractivity contribution in [3.05, 3.63) is 126 Å². The van der Waals surface area contributed by atoms with Gasteiger partial charge in [0.15, 0.2) is 0 Å². The van der Waals surface area contributed by atoms with E-state index in [1.807, 2.05) is 0 Å². The molecule has 0 saturated heterocycles. The van der Waals surface area contributed by atoms with Crippen molar-refractivity contribution in [3.8, 4) is 0 Å². The van der Waals surface area contributed by atoms with Crippen LogP contribution in [0.25, 0.3) is 0 Å². The smallest absolute Gasteiger partial charge is 0.136 e. The molecule has 1 aliphatic rings. The Morgan fingerprint density at radius 1 is 0.857 bits per heavy atom. The minimum atomic E-state index is -1.98. The first kappa shape index (κ1) is 25.4. The number of aliphatic hydroxyl groups excluding tert-OH is 1. The highest BCUT2D eigenvalue weighted by Gasteiger charge is 2.43. The third-order valence-electron chi connectivity index (χ3n) is 7.30. The van der Waals surface area contributed by atoms with E-state index in [0.717, 1.165) is 19.3 Å². The number of hydrogen-bond acceptors (Lipinski definition) is 1. The molecule has 180 valence electrons. The fourth-order valence-corrected chi connectivity index (χ4v) is 9.34. The van der Waals surface area contributed by atoms with Gasteiger partial charge in [-0.1, -0.05) is 91.2 Å². The monoisotopic (exact) mass is 481 g/mol. The highest BCUT2D eigenvalue weighted by molar-refractivity contribution is 7.98. The van der Waals surface area contributed by atoms with Crippen molar-refractivity contribution in [1.29, 1.82) is 0 Å². The van der Waals surface area contributed by atoms with Gasteiger partial charge < -0.3 is 5.11 Å². The maximum Gasteiger partial charge on any atom is 0.136 e. The Hall–Kier alpha value is -2.73. The Bertz CT molecular complexity index is 1110. The summed E-state index contributed by atoms with van der Waals surface area (Å²) in [7, 11) is -1.98. The molecule has 3 aromatic rings. The average molecular weight is 482 g/mol. The number of rotatable bonds is 7. The summed E-state index contributed by atoms with van der Waals surface area (Å²) < 4.78 is 0. The van der Waals surface area contributed by atoms with Crippen molar-refractivity contribution < 1.29 is 5.11 Å². The average Bonchev–Trinajstić information content (AvgIpc) is 2.85. The second kappa shape index (κ2) is 10.9. The molecular weight excluding hydrogens is 443 g/mol. The van der Waals surface area contributed by atoms with E-state index in [0.29, 0.717) is 0 Å². The van der Waals surface area contributed by atoms with Gasteiger partial charge in [-0.25, -0.2) is 0 Å². The molecule has 0 saturated carbocycles. The van der Waals surface area contributed by atoms with Crippen LogP contribution in [0.15, 0.2) is 126 Å². The van der Waals surface area contributed by atoms with Crippen LogP contribution in [-0.2, 0) is 0 Å². The lowest BCUT2D eigenvalue weighted by Crippen LogP contribution is -2.29. The zero-order valence-corrected chi connectivity index (χ0v) is 22.4. The van der Waals surface area contributed by atoms with Gasteiger partial charge in [0.25, 0.3) is 0 Å². The summed E-state index contributed by atoms with van der Waals surface area (Å²) in [6, 6.07) is 32.9. The second-order valence-electron chi connectivity index (χ2n) is 10.4. The number of hydrogen-bond donors (Lipinski definition) is 1. The van der Waals surface area contributed by atoms with Crippen LogP contribution in [0.1, 0.15) is 47.0 Å². The molecule has 1 atom stereocenters. The number of allylic oxidation sites excluding steroid dienone is 4. The van der Waals surface area contributed by atoms with Gasteiger partial charge in [-0.15, -0.1) is 0 Å². The van der Waals surface area contributed by atoms with Crippen molar-refractivity contribution in [1.82, 2.24) is 0 Å². The molecule has 3 aromatic carbocycles. The molecule has 0 aromatic heterocycles. The largest absolute Gasteiger partial charge is 0.393 e. The topological polar surface area (TPSA) is 20.2 Å². The molecule has 0 bridgehead atoms. The maximum atomic E-state index is 10.3. The Labute approximate surface area is 212 Å². The lowest BCUT2D eigenvalue weighted by Gasteiger charge is -2.37. The number of benzene rings is 3. The van der Waals surface area contributed by atoms with Crippen LogP contribution >= 0.6 is 7.26 Å². The van der Waals surface area contributed by atoms with Gasteiger partial charge in [0.2, 0.25) is 0 Å². The molecule has 0 fully saturated rings. The summed E-state index contributed by atoms with van der Waals surface area (Å²) in [4.78, 5) is 0. The van der Waals surface area contributed by atoms with Gasteiger partial charge in [-0.3, -0.25) is 0 Å². The fourth-order valence-electron chi connectivity index (χ4n) is 5.54. The maximum absolute atomic E-state index is 10.3. The minimum absolute atomic E-state index is 0.0388. The minimum Gasteiger partial charge on any atom is -0.393 e. The van der Waals surface area contributed by atoms with Crippen LogP contribution in [0.4, 0.5) is 0 Å². The molecule has 1 N–H and O–H groups in total. The summed E-state index contributed by atoms with van der Waals surface area (Å²) in [5.74, 6) is 2.48. The Kier molecular flexibility index (Phi) is 7.90. The van der Waals surface area contributed by atoms with Gasteiger partial charge in [0.05, 0.1) is 11.9 Å². The third kappa shape index (κ3) is 5.58. The summed E-state index contributed by atoms with van der Waals surface area (Å²) >= 11 is 0. The molecule has 35 heavy (non-hydrogen) atoms. The predicted octanol–water partition coefficient (Wildman–Crippen LogP) is 7.33. The molecule has 2 heteroatoms. The van der Waals surface area contributed by atoms with Crippen LogP contribution in [0.3, 0.4) is 0 Å². The van der Waals surface area contributed by atoms with E-state index in [4.69, 9.17) is 0 Å². The van der Waals surface area contributed by atoms with Crippen LogP contribution in [0.5, 0.6) is 0 Å². The van der Waals surface area contributed by atoms with Gasteiger partial charge in [-0.05, 0) is 81.0 Å². The highest BCUT2D eigenvalue weighted by atomic mass is 31.2. The third-order valence-corrected chi connectivity index (χ3v) is 11.2. The summed E-state index contributed by atoms with van der Waals surface area (Å²) in [6.07, 6.45) is 7.06. The lowest BCUT2D eigenvalue weighted by atomic mass is 9.70. The molecule has 1 aliphatic carbocycles. The number of aliphatic hydroxyl groups is 1. The van der Waals surface area contributed by atoms with Gasteiger partial charge in [0, 0.05) is 0 Å². The van der Waals surface area contributed by atoms with Gasteiger partial charge in [0.1, 0.15) is 23.2 Å². The Morgan fingerprint density at radius 2 is 1.31 bits per heavy atom. The first-order valence-electron chi connectivity index (χ1n) is 12.6. The molecule has 0 unspecified atom stereocenters. The molecule has 0 spiro atoms. The lowest BCUT2D eigenvalue weighted by molar-refractivity contribution is 0.114. The van der Waals surface area contributed by atoms with Gasteiger partial charge in [-0.2, -0.15) is 0 Å². The molecule has 4 rings (SSSR count). The zero-order chi connectivity index (χ0) is 24.9. The Balaban J connectivity index is 1.77. The van der Waals surface area contributed by atoms with Crippen molar-refractivity contribution in [3.63, 3.8) is 0 Å².